The molecular formula is C33H54N4S. The van der Waals surface area contributed by atoms with Crippen LogP contribution in [0.3, 0.4) is 0 Å². The molecule has 0 radical (unpaired) electrons. The Kier molecular flexibility index (Phi) is 19.9. The molecule has 0 fully saturated rings. The molecule has 0 saturated carbocycles. The summed E-state index contributed by atoms with van der Waals surface area (Å²) in [5.74, 6) is 2.07. The highest BCUT2D eigenvalue weighted by Crippen LogP contribution is 2.16. The van der Waals surface area contributed by atoms with Crippen LogP contribution in [0.25, 0.3) is 0 Å². The van der Waals surface area contributed by atoms with Gasteiger partial charge in [-0.05, 0) is 65.2 Å². The molecule has 4 nitrogen and oxygen atoms in total. The molecule has 5 heteroatoms. The molecule has 0 aromatic carbocycles. The number of rotatable bonds is 22. The maximum absolute atomic E-state index is 9.32. The normalized spacial score (nSPS) is 14.6. The zero-order valence-corrected chi connectivity index (χ0v) is 25.9. The first-order valence-corrected chi connectivity index (χ1v) is 15.1. The second-order valence-corrected chi connectivity index (χ2v) is 11.3. The van der Waals surface area contributed by atoms with E-state index >= 15 is 0 Å². The number of likely N-dealkylation sites (N-methyl/N-ethyl adjacent to an activating group) is 1. The van der Waals surface area contributed by atoms with Gasteiger partial charge in [0.15, 0.2) is 0 Å². The van der Waals surface area contributed by atoms with E-state index in [2.05, 4.69) is 101 Å². The minimum atomic E-state index is -0.0821. The van der Waals surface area contributed by atoms with Crippen LogP contribution in [0.1, 0.15) is 79.6 Å². The monoisotopic (exact) mass is 538 g/mol. The zero-order chi connectivity index (χ0) is 28.9. The summed E-state index contributed by atoms with van der Waals surface area (Å²) in [4.78, 5) is 0. The van der Waals surface area contributed by atoms with Gasteiger partial charge in [0.2, 0.25) is 0 Å². The summed E-state index contributed by atoms with van der Waals surface area (Å²) in [7, 11) is 1.93. The van der Waals surface area contributed by atoms with Crippen LogP contribution in [-0.2, 0) is 0 Å². The molecule has 3 unspecified atom stereocenters. The van der Waals surface area contributed by atoms with E-state index in [1.807, 2.05) is 24.9 Å². The molecule has 0 amide bonds. The number of hydrogen-bond acceptors (Lipinski definition) is 5. The van der Waals surface area contributed by atoms with Crippen molar-refractivity contribution >= 4 is 11.8 Å². The van der Waals surface area contributed by atoms with Gasteiger partial charge < -0.3 is 16.0 Å². The van der Waals surface area contributed by atoms with Gasteiger partial charge in [0.05, 0.1) is 18.2 Å². The van der Waals surface area contributed by atoms with Gasteiger partial charge in [-0.25, -0.2) is 0 Å². The Bertz CT molecular complexity index is 887. The van der Waals surface area contributed by atoms with E-state index in [4.69, 9.17) is 0 Å². The molecule has 0 aliphatic carbocycles. The number of hydrogen-bond donors (Lipinski definition) is 3. The van der Waals surface area contributed by atoms with Gasteiger partial charge in [0.25, 0.3) is 0 Å². The lowest BCUT2D eigenvalue weighted by molar-refractivity contribution is 0.556. The van der Waals surface area contributed by atoms with Crippen LogP contribution in [0, 0.1) is 17.2 Å². The Balaban J connectivity index is 4.49. The minimum Gasteiger partial charge on any atom is -0.390 e. The molecule has 0 aliphatic heterocycles. The fourth-order valence-corrected chi connectivity index (χ4v) is 4.93. The van der Waals surface area contributed by atoms with Crippen molar-refractivity contribution in [2.75, 3.05) is 18.6 Å². The van der Waals surface area contributed by atoms with Crippen LogP contribution in [0.2, 0.25) is 0 Å². The molecule has 0 bridgehead atoms. The molecule has 0 spiro atoms. The Labute approximate surface area is 239 Å². The lowest BCUT2D eigenvalue weighted by Crippen LogP contribution is -2.33. The van der Waals surface area contributed by atoms with E-state index in [9.17, 15) is 5.26 Å². The maximum Gasteiger partial charge on any atom is 0.0963 e. The van der Waals surface area contributed by atoms with Crippen molar-refractivity contribution < 1.29 is 0 Å². The Hall–Kier alpha value is -2.58. The summed E-state index contributed by atoms with van der Waals surface area (Å²) < 4.78 is 0. The van der Waals surface area contributed by atoms with Crippen molar-refractivity contribution in [3.63, 3.8) is 0 Å². The average Bonchev–Trinajstić information content (AvgIpc) is 2.88. The average molecular weight is 539 g/mol. The molecule has 0 saturated heterocycles. The van der Waals surface area contributed by atoms with Crippen molar-refractivity contribution in [3.05, 3.63) is 84.4 Å². The third-order valence-corrected chi connectivity index (χ3v) is 7.46. The summed E-state index contributed by atoms with van der Waals surface area (Å²) in [5, 5.41) is 19.5. The molecule has 0 aromatic heterocycles. The fourth-order valence-electron chi connectivity index (χ4n) is 3.87. The highest BCUT2D eigenvalue weighted by Gasteiger charge is 2.14. The molecule has 0 rings (SSSR count). The summed E-state index contributed by atoms with van der Waals surface area (Å²) in [5.41, 5.74) is 6.58. The predicted molar refractivity (Wildman–Crippen MR) is 172 cm³/mol. The largest absolute Gasteiger partial charge is 0.390 e. The highest BCUT2D eigenvalue weighted by atomic mass is 32.2. The van der Waals surface area contributed by atoms with E-state index in [-0.39, 0.29) is 12.1 Å². The first-order valence-electron chi connectivity index (χ1n) is 13.9. The molecule has 0 heterocycles. The fraction of sp³-hybridized carbons (Fsp3) is 0.545. The van der Waals surface area contributed by atoms with Crippen molar-refractivity contribution in [2.45, 2.75) is 91.6 Å². The highest BCUT2D eigenvalue weighted by molar-refractivity contribution is 7.99. The summed E-state index contributed by atoms with van der Waals surface area (Å²) >= 11 is 1.81. The number of allylic oxidation sites excluding steroid dienone is 7. The van der Waals surface area contributed by atoms with Crippen LogP contribution < -0.4 is 16.0 Å². The van der Waals surface area contributed by atoms with Gasteiger partial charge in [-0.3, -0.25) is 0 Å². The van der Waals surface area contributed by atoms with Gasteiger partial charge in [-0.1, -0.05) is 75.5 Å². The number of nitrogens with one attached hydrogen (secondary N) is 3. The van der Waals surface area contributed by atoms with Crippen molar-refractivity contribution in [2.24, 2.45) is 5.92 Å². The van der Waals surface area contributed by atoms with Gasteiger partial charge >= 0.3 is 0 Å². The Morgan fingerprint density at radius 3 is 2.18 bits per heavy atom. The van der Waals surface area contributed by atoms with Gasteiger partial charge in [-0.2, -0.15) is 17.0 Å². The van der Waals surface area contributed by atoms with Crippen molar-refractivity contribution in [3.8, 4) is 6.07 Å². The molecule has 3 N–H and O–H groups in total. The first kappa shape index (κ1) is 35.4. The van der Waals surface area contributed by atoms with E-state index < -0.39 is 0 Å². The van der Waals surface area contributed by atoms with E-state index in [0.29, 0.717) is 11.5 Å². The molecule has 38 heavy (non-hydrogen) atoms. The van der Waals surface area contributed by atoms with Crippen LogP contribution in [0.15, 0.2) is 84.4 Å². The Morgan fingerprint density at radius 1 is 0.974 bits per heavy atom. The lowest BCUT2D eigenvalue weighted by Gasteiger charge is -2.22. The molecule has 212 valence electrons. The zero-order valence-electron chi connectivity index (χ0n) is 25.1. The van der Waals surface area contributed by atoms with Crippen molar-refractivity contribution in [1.29, 1.82) is 5.26 Å². The topological polar surface area (TPSA) is 59.9 Å². The minimum absolute atomic E-state index is 0.0821. The summed E-state index contributed by atoms with van der Waals surface area (Å²) in [6, 6.07) is 2.40. The number of nitrogens with zero attached hydrogens (tertiary/aromatic N) is 1. The smallest absolute Gasteiger partial charge is 0.0963 e. The molecular weight excluding hydrogens is 484 g/mol. The molecule has 0 aromatic rings. The SMILES string of the molecule is C=CC(C)CC(=C)NC(CSC/C=C(\C)CC/C=C(\C)CC/C=C(\C)NC(CCC)C(=C)NC)C(=C)C#N. The lowest BCUT2D eigenvalue weighted by atomic mass is 10.1. The number of nitriles is 1. The van der Waals surface area contributed by atoms with E-state index in [1.54, 1.807) is 0 Å². The third-order valence-electron chi connectivity index (χ3n) is 6.49. The summed E-state index contributed by atoms with van der Waals surface area (Å²) in [6.45, 7) is 26.9. The van der Waals surface area contributed by atoms with Crippen LogP contribution in [-0.4, -0.2) is 30.6 Å². The maximum atomic E-state index is 9.32. The van der Waals surface area contributed by atoms with E-state index in [0.717, 1.165) is 67.8 Å². The summed E-state index contributed by atoms with van der Waals surface area (Å²) in [6.07, 6.45) is 16.2. The molecule has 3 atom stereocenters. The van der Waals surface area contributed by atoms with Gasteiger partial charge in [0, 0.05) is 41.2 Å². The van der Waals surface area contributed by atoms with Crippen LogP contribution in [0.4, 0.5) is 0 Å². The van der Waals surface area contributed by atoms with Gasteiger partial charge in [-0.15, -0.1) is 6.58 Å². The molecule has 0 aliphatic rings. The first-order chi connectivity index (χ1) is 18.1. The number of thioether (sulfide) groups is 1. The third kappa shape index (κ3) is 17.0. The van der Waals surface area contributed by atoms with Crippen LogP contribution >= 0.6 is 11.8 Å². The second kappa shape index (κ2) is 21.4. The predicted octanol–water partition coefficient (Wildman–Crippen LogP) is 8.33. The quantitative estimate of drug-likeness (QED) is 0.0735. The van der Waals surface area contributed by atoms with Crippen LogP contribution in [0.5, 0.6) is 0 Å². The van der Waals surface area contributed by atoms with Gasteiger partial charge in [0.1, 0.15) is 0 Å². The van der Waals surface area contributed by atoms with E-state index in [1.165, 1.54) is 16.8 Å². The standard InChI is InChI=1S/C33H54N4S/c1-11-15-32(31(9)35-10)36-29(7)19-14-18-26(4)16-13-17-27(5)20-21-38-24-33(28(6)23-34)37-30(8)22-25(3)12-2/h12,16,19-20,25,32-33,35-37H,2,6,8-9,11,13-15,17-18,21-22,24H2,1,3-5,7,10H3/b26-16+,27-20+,29-19+. The van der Waals surface area contributed by atoms with Crippen molar-refractivity contribution in [1.82, 2.24) is 16.0 Å². The second-order valence-electron chi connectivity index (χ2n) is 10.2. The Morgan fingerprint density at radius 2 is 1.61 bits per heavy atom.